The van der Waals surface area contributed by atoms with Crippen LogP contribution in [0.25, 0.3) is 0 Å². The fourth-order valence-corrected chi connectivity index (χ4v) is 1.34. The van der Waals surface area contributed by atoms with E-state index < -0.39 is 0 Å². The zero-order valence-electron chi connectivity index (χ0n) is 11.2. The lowest BCUT2D eigenvalue weighted by atomic mass is 10.1. The quantitative estimate of drug-likeness (QED) is 0.627. The van der Waals surface area contributed by atoms with E-state index in [1.807, 2.05) is 0 Å². The highest BCUT2D eigenvalue weighted by Gasteiger charge is 2.12. The van der Waals surface area contributed by atoms with Crippen molar-refractivity contribution in [2.75, 3.05) is 13.2 Å². The zero-order chi connectivity index (χ0) is 11.7. The van der Waals surface area contributed by atoms with Gasteiger partial charge in [-0.05, 0) is 33.6 Å². The number of hydrogen-bond donors (Lipinski definition) is 1. The molecule has 0 aliphatic rings. The van der Waals surface area contributed by atoms with Gasteiger partial charge in [0.2, 0.25) is 0 Å². The highest BCUT2D eigenvalue weighted by atomic mass is 16.5. The van der Waals surface area contributed by atoms with E-state index >= 15 is 0 Å². The van der Waals surface area contributed by atoms with Crippen molar-refractivity contribution in [3.8, 4) is 0 Å². The molecule has 0 aromatic heterocycles. The molecule has 0 amide bonds. The van der Waals surface area contributed by atoms with Gasteiger partial charge in [-0.25, -0.2) is 0 Å². The summed E-state index contributed by atoms with van der Waals surface area (Å²) in [7, 11) is 0. The summed E-state index contributed by atoms with van der Waals surface area (Å²) in [4.78, 5) is 0. The molecule has 2 heteroatoms. The van der Waals surface area contributed by atoms with E-state index in [9.17, 15) is 0 Å². The van der Waals surface area contributed by atoms with Crippen molar-refractivity contribution in [1.82, 2.24) is 5.32 Å². The molecule has 0 radical (unpaired) electrons. The Morgan fingerprint density at radius 1 is 1.13 bits per heavy atom. The third kappa shape index (κ3) is 10.2. The number of rotatable bonds is 8. The Hall–Kier alpha value is -0.0800. The fraction of sp³-hybridized carbons (Fsp3) is 1.00. The van der Waals surface area contributed by atoms with Gasteiger partial charge < -0.3 is 10.1 Å². The van der Waals surface area contributed by atoms with E-state index in [1.54, 1.807) is 0 Å². The molecular formula is C13H29NO. The Labute approximate surface area is 95.8 Å². The highest BCUT2D eigenvalue weighted by Crippen LogP contribution is 2.04. The molecule has 1 N–H and O–H groups in total. The lowest BCUT2D eigenvalue weighted by Gasteiger charge is -2.24. The molecule has 0 heterocycles. The fourth-order valence-electron chi connectivity index (χ4n) is 1.34. The Morgan fingerprint density at radius 2 is 1.80 bits per heavy atom. The minimum absolute atomic E-state index is 0.195. The molecule has 0 aromatic rings. The molecule has 0 aliphatic heterocycles. The molecule has 0 aromatic carbocycles. The number of unbranched alkanes of at least 4 members (excludes halogenated alkanes) is 2. The standard InChI is InChI=1S/C13H29NO/c1-6-8-9-10-15-12(7-2)11-14-13(3,4)5/h12,14H,6-11H2,1-5H3. The predicted molar refractivity (Wildman–Crippen MR) is 67.3 cm³/mol. The van der Waals surface area contributed by atoms with Crippen LogP contribution < -0.4 is 5.32 Å². The second-order valence-corrected chi connectivity index (χ2v) is 5.24. The molecule has 0 saturated heterocycles. The van der Waals surface area contributed by atoms with Crippen molar-refractivity contribution < 1.29 is 4.74 Å². The minimum Gasteiger partial charge on any atom is -0.377 e. The minimum atomic E-state index is 0.195. The third-order valence-corrected chi connectivity index (χ3v) is 2.42. The first-order valence-electron chi connectivity index (χ1n) is 6.36. The van der Waals surface area contributed by atoms with Crippen LogP contribution in [0.5, 0.6) is 0 Å². The molecule has 0 saturated carbocycles. The van der Waals surface area contributed by atoms with E-state index in [2.05, 4.69) is 39.9 Å². The van der Waals surface area contributed by atoms with Crippen LogP contribution in [0.2, 0.25) is 0 Å². The Bertz CT molecular complexity index is 140. The molecule has 1 unspecified atom stereocenters. The van der Waals surface area contributed by atoms with Crippen LogP contribution >= 0.6 is 0 Å². The molecule has 15 heavy (non-hydrogen) atoms. The molecule has 0 bridgehead atoms. The lowest BCUT2D eigenvalue weighted by Crippen LogP contribution is -2.41. The molecule has 0 aliphatic carbocycles. The Kier molecular flexibility index (Phi) is 8.07. The van der Waals surface area contributed by atoms with Crippen molar-refractivity contribution in [2.45, 2.75) is 71.9 Å². The summed E-state index contributed by atoms with van der Waals surface area (Å²) >= 11 is 0. The van der Waals surface area contributed by atoms with Crippen molar-refractivity contribution in [2.24, 2.45) is 0 Å². The van der Waals surface area contributed by atoms with Crippen LogP contribution in [0.15, 0.2) is 0 Å². The third-order valence-electron chi connectivity index (χ3n) is 2.42. The lowest BCUT2D eigenvalue weighted by molar-refractivity contribution is 0.0443. The van der Waals surface area contributed by atoms with Gasteiger partial charge >= 0.3 is 0 Å². The van der Waals surface area contributed by atoms with Crippen LogP contribution in [-0.4, -0.2) is 24.8 Å². The van der Waals surface area contributed by atoms with Gasteiger partial charge in [-0.1, -0.05) is 26.7 Å². The summed E-state index contributed by atoms with van der Waals surface area (Å²) in [6.45, 7) is 12.9. The van der Waals surface area contributed by atoms with Crippen LogP contribution in [-0.2, 0) is 4.74 Å². The van der Waals surface area contributed by atoms with Crippen molar-refractivity contribution in [3.05, 3.63) is 0 Å². The van der Waals surface area contributed by atoms with Crippen molar-refractivity contribution in [3.63, 3.8) is 0 Å². The summed E-state index contributed by atoms with van der Waals surface area (Å²) in [5, 5.41) is 3.49. The average molecular weight is 215 g/mol. The van der Waals surface area contributed by atoms with Gasteiger partial charge in [0.05, 0.1) is 6.10 Å². The molecule has 2 nitrogen and oxygen atoms in total. The first-order valence-corrected chi connectivity index (χ1v) is 6.36. The largest absolute Gasteiger partial charge is 0.377 e. The monoisotopic (exact) mass is 215 g/mol. The summed E-state index contributed by atoms with van der Waals surface area (Å²) in [6.07, 6.45) is 5.21. The second kappa shape index (κ2) is 8.12. The maximum absolute atomic E-state index is 5.83. The van der Waals surface area contributed by atoms with Gasteiger partial charge in [-0.3, -0.25) is 0 Å². The van der Waals surface area contributed by atoms with Crippen LogP contribution in [0.1, 0.15) is 60.3 Å². The van der Waals surface area contributed by atoms with Gasteiger partial charge in [0.15, 0.2) is 0 Å². The van der Waals surface area contributed by atoms with Gasteiger partial charge in [-0.2, -0.15) is 0 Å². The first kappa shape index (κ1) is 14.9. The predicted octanol–water partition coefficient (Wildman–Crippen LogP) is 3.36. The van der Waals surface area contributed by atoms with Gasteiger partial charge in [0.25, 0.3) is 0 Å². The normalized spacial score (nSPS) is 14.2. The smallest absolute Gasteiger partial charge is 0.0697 e. The summed E-state index contributed by atoms with van der Waals surface area (Å²) in [5.74, 6) is 0. The maximum Gasteiger partial charge on any atom is 0.0697 e. The van der Waals surface area contributed by atoms with E-state index in [0.717, 1.165) is 19.6 Å². The van der Waals surface area contributed by atoms with Gasteiger partial charge in [0, 0.05) is 18.7 Å². The topological polar surface area (TPSA) is 21.3 Å². The van der Waals surface area contributed by atoms with E-state index in [1.165, 1.54) is 19.3 Å². The molecule has 0 rings (SSSR count). The number of ether oxygens (including phenoxy) is 1. The molecule has 1 atom stereocenters. The Balaban J connectivity index is 3.55. The highest BCUT2D eigenvalue weighted by molar-refractivity contribution is 4.72. The zero-order valence-corrected chi connectivity index (χ0v) is 11.2. The van der Waals surface area contributed by atoms with E-state index in [0.29, 0.717) is 6.10 Å². The van der Waals surface area contributed by atoms with Crippen LogP contribution in [0.4, 0.5) is 0 Å². The summed E-state index contributed by atoms with van der Waals surface area (Å²) in [5.41, 5.74) is 0.195. The second-order valence-electron chi connectivity index (χ2n) is 5.24. The molecule has 0 spiro atoms. The van der Waals surface area contributed by atoms with Gasteiger partial charge in [0.1, 0.15) is 0 Å². The summed E-state index contributed by atoms with van der Waals surface area (Å²) < 4.78 is 5.83. The molecule has 92 valence electrons. The van der Waals surface area contributed by atoms with E-state index in [-0.39, 0.29) is 5.54 Å². The van der Waals surface area contributed by atoms with Crippen molar-refractivity contribution in [1.29, 1.82) is 0 Å². The van der Waals surface area contributed by atoms with E-state index in [4.69, 9.17) is 4.74 Å². The first-order chi connectivity index (χ1) is 6.99. The van der Waals surface area contributed by atoms with Crippen LogP contribution in [0.3, 0.4) is 0 Å². The SMILES string of the molecule is CCCCCOC(CC)CNC(C)(C)C. The summed E-state index contributed by atoms with van der Waals surface area (Å²) in [6, 6.07) is 0. The Morgan fingerprint density at radius 3 is 2.27 bits per heavy atom. The number of nitrogens with one attached hydrogen (secondary N) is 1. The van der Waals surface area contributed by atoms with Gasteiger partial charge in [-0.15, -0.1) is 0 Å². The number of hydrogen-bond acceptors (Lipinski definition) is 2. The molecular weight excluding hydrogens is 186 g/mol. The maximum atomic E-state index is 5.83. The van der Waals surface area contributed by atoms with Crippen LogP contribution in [0, 0.1) is 0 Å². The average Bonchev–Trinajstić information content (AvgIpc) is 2.15. The molecule has 0 fully saturated rings. The van der Waals surface area contributed by atoms with Crippen molar-refractivity contribution >= 4 is 0 Å².